The van der Waals surface area contributed by atoms with Gasteiger partial charge in [0.15, 0.2) is 4.96 Å². The number of carbonyl (C=O) groups excluding carboxylic acids is 1. The molecule has 28 heavy (non-hydrogen) atoms. The lowest BCUT2D eigenvalue weighted by Gasteiger charge is -2.10. The molecule has 0 unspecified atom stereocenters. The third-order valence-electron chi connectivity index (χ3n) is 4.81. The number of hydrogen-bond acceptors (Lipinski definition) is 7. The van der Waals surface area contributed by atoms with Crippen molar-refractivity contribution in [1.82, 2.24) is 9.38 Å². The van der Waals surface area contributed by atoms with E-state index in [1.807, 2.05) is 0 Å². The molecule has 144 valence electrons. The zero-order valence-corrected chi connectivity index (χ0v) is 16.0. The highest BCUT2D eigenvalue weighted by Gasteiger charge is 2.24. The van der Waals surface area contributed by atoms with E-state index in [4.69, 9.17) is 4.74 Å². The van der Waals surface area contributed by atoms with Gasteiger partial charge in [-0.3, -0.25) is 19.3 Å². The van der Waals surface area contributed by atoms with Gasteiger partial charge < -0.3 is 4.74 Å². The monoisotopic (exact) mass is 399 g/mol. The second kappa shape index (κ2) is 7.16. The SMILES string of the molecule is Cc1cccc(C(=O)OCc2cc(=O)n3c4c(sc3n2)CCCC4)c1[N+](=O)[O-]. The van der Waals surface area contributed by atoms with Crippen LogP contribution in [0.25, 0.3) is 4.96 Å². The van der Waals surface area contributed by atoms with E-state index in [2.05, 4.69) is 4.98 Å². The summed E-state index contributed by atoms with van der Waals surface area (Å²) in [5, 5.41) is 11.3. The van der Waals surface area contributed by atoms with Gasteiger partial charge in [0.25, 0.3) is 11.2 Å². The molecular formula is C19H17N3O5S. The summed E-state index contributed by atoms with van der Waals surface area (Å²) >= 11 is 1.49. The molecule has 1 aromatic carbocycles. The van der Waals surface area contributed by atoms with Gasteiger partial charge >= 0.3 is 5.97 Å². The van der Waals surface area contributed by atoms with Crippen LogP contribution in [-0.2, 0) is 24.2 Å². The number of benzene rings is 1. The number of ether oxygens (including phenoxy) is 1. The van der Waals surface area contributed by atoms with Crippen molar-refractivity contribution in [3.05, 3.63) is 72.1 Å². The zero-order valence-electron chi connectivity index (χ0n) is 15.1. The van der Waals surface area contributed by atoms with Crippen molar-refractivity contribution < 1.29 is 14.5 Å². The standard InChI is InChI=1S/C19H17N3O5S/c1-11-5-4-6-13(17(11)22(25)26)18(24)27-10-12-9-16(23)21-14-7-2-3-8-15(14)28-19(21)20-12/h4-6,9H,2-3,7-8,10H2,1H3. The third kappa shape index (κ3) is 3.18. The average molecular weight is 399 g/mol. The van der Waals surface area contributed by atoms with E-state index in [1.165, 1.54) is 28.3 Å². The Morgan fingerprint density at radius 3 is 2.93 bits per heavy atom. The smallest absolute Gasteiger partial charge is 0.345 e. The summed E-state index contributed by atoms with van der Waals surface area (Å²) in [6, 6.07) is 5.83. The molecule has 0 atom stereocenters. The Kier molecular flexibility index (Phi) is 4.68. The number of carbonyl (C=O) groups is 1. The first kappa shape index (κ1) is 18.3. The number of hydrogen-bond donors (Lipinski definition) is 0. The van der Waals surface area contributed by atoms with Crippen molar-refractivity contribution in [2.75, 3.05) is 0 Å². The minimum atomic E-state index is -0.817. The van der Waals surface area contributed by atoms with E-state index >= 15 is 0 Å². The molecule has 0 N–H and O–H groups in total. The highest BCUT2D eigenvalue weighted by molar-refractivity contribution is 7.17. The fourth-order valence-corrected chi connectivity index (χ4v) is 4.73. The number of nitrogens with zero attached hydrogens (tertiary/aromatic N) is 3. The summed E-state index contributed by atoms with van der Waals surface area (Å²) in [6.45, 7) is 1.34. The molecule has 0 saturated heterocycles. The normalized spacial score (nSPS) is 13.3. The number of nitro groups is 1. The molecule has 1 aliphatic rings. The fraction of sp³-hybridized carbons (Fsp3) is 0.316. The molecule has 0 spiro atoms. The molecule has 8 nitrogen and oxygen atoms in total. The second-order valence-electron chi connectivity index (χ2n) is 6.69. The molecule has 9 heteroatoms. The van der Waals surface area contributed by atoms with Gasteiger partial charge in [-0.15, -0.1) is 11.3 Å². The van der Waals surface area contributed by atoms with Gasteiger partial charge in [0.2, 0.25) is 0 Å². The molecule has 3 aromatic rings. The number of rotatable bonds is 4. The minimum Gasteiger partial charge on any atom is -0.455 e. The number of para-hydroxylation sites is 1. The molecule has 0 amide bonds. The molecule has 4 rings (SSSR count). The van der Waals surface area contributed by atoms with Crippen LogP contribution in [0.4, 0.5) is 5.69 Å². The van der Waals surface area contributed by atoms with Crippen LogP contribution in [0.1, 0.15) is 45.0 Å². The summed E-state index contributed by atoms with van der Waals surface area (Å²) < 4.78 is 6.85. The van der Waals surface area contributed by atoms with Crippen LogP contribution in [0.5, 0.6) is 0 Å². The summed E-state index contributed by atoms with van der Waals surface area (Å²) in [5.41, 5.74) is 1.14. The van der Waals surface area contributed by atoms with E-state index in [1.54, 1.807) is 23.5 Å². The van der Waals surface area contributed by atoms with Gasteiger partial charge in [-0.05, 0) is 38.7 Å². The molecule has 1 aliphatic carbocycles. The van der Waals surface area contributed by atoms with E-state index in [9.17, 15) is 19.7 Å². The van der Waals surface area contributed by atoms with Gasteiger partial charge in [-0.25, -0.2) is 9.78 Å². The highest BCUT2D eigenvalue weighted by atomic mass is 32.1. The van der Waals surface area contributed by atoms with E-state index in [0.717, 1.165) is 31.4 Å². The number of aromatic nitrogens is 2. The van der Waals surface area contributed by atoms with Gasteiger partial charge in [0.05, 0.1) is 10.6 Å². The quantitative estimate of drug-likeness (QED) is 0.379. The van der Waals surface area contributed by atoms with Crippen LogP contribution in [0, 0.1) is 17.0 Å². The van der Waals surface area contributed by atoms with Crippen molar-refractivity contribution in [3.8, 4) is 0 Å². The Bertz CT molecular complexity index is 1160. The molecule has 2 aromatic heterocycles. The average Bonchev–Trinajstić information content (AvgIpc) is 3.04. The maximum absolute atomic E-state index is 12.5. The van der Waals surface area contributed by atoms with Crippen LogP contribution in [0.3, 0.4) is 0 Å². The largest absolute Gasteiger partial charge is 0.455 e. The maximum Gasteiger partial charge on any atom is 0.345 e. The summed E-state index contributed by atoms with van der Waals surface area (Å²) in [6.07, 6.45) is 3.97. The second-order valence-corrected chi connectivity index (χ2v) is 7.75. The van der Waals surface area contributed by atoms with Crippen LogP contribution in [0.15, 0.2) is 29.1 Å². The Hall–Kier alpha value is -3.07. The first-order chi connectivity index (χ1) is 13.5. The van der Waals surface area contributed by atoms with Crippen LogP contribution in [0.2, 0.25) is 0 Å². The Balaban J connectivity index is 1.60. The summed E-state index contributed by atoms with van der Waals surface area (Å²) in [5.74, 6) is -0.817. The lowest BCUT2D eigenvalue weighted by molar-refractivity contribution is -0.385. The van der Waals surface area contributed by atoms with Crippen molar-refractivity contribution in [2.24, 2.45) is 0 Å². The summed E-state index contributed by atoms with van der Waals surface area (Å²) in [7, 11) is 0. The fourth-order valence-electron chi connectivity index (χ4n) is 3.50. The Labute approximate surface area is 163 Å². The molecule has 2 heterocycles. The van der Waals surface area contributed by atoms with Crippen LogP contribution in [-0.4, -0.2) is 20.3 Å². The van der Waals surface area contributed by atoms with Gasteiger partial charge in [0.1, 0.15) is 12.2 Å². The number of aryl methyl sites for hydroxylation is 3. The predicted octanol–water partition coefficient (Wildman–Crippen LogP) is 3.21. The van der Waals surface area contributed by atoms with Crippen molar-refractivity contribution in [3.63, 3.8) is 0 Å². The van der Waals surface area contributed by atoms with Gasteiger partial charge in [0, 0.05) is 22.2 Å². The molecule has 0 saturated carbocycles. The Morgan fingerprint density at radius 2 is 2.14 bits per heavy atom. The minimum absolute atomic E-state index is 0.116. The van der Waals surface area contributed by atoms with E-state index in [-0.39, 0.29) is 23.4 Å². The number of esters is 1. The molecule has 0 aliphatic heterocycles. The lowest BCUT2D eigenvalue weighted by Crippen LogP contribution is -2.18. The van der Waals surface area contributed by atoms with Crippen molar-refractivity contribution in [2.45, 2.75) is 39.2 Å². The predicted molar refractivity (Wildman–Crippen MR) is 103 cm³/mol. The van der Waals surface area contributed by atoms with Crippen molar-refractivity contribution >= 4 is 28.0 Å². The van der Waals surface area contributed by atoms with Crippen LogP contribution < -0.4 is 5.56 Å². The number of thiazole rings is 1. The van der Waals surface area contributed by atoms with Gasteiger partial charge in [-0.1, -0.05) is 12.1 Å². The maximum atomic E-state index is 12.5. The third-order valence-corrected chi connectivity index (χ3v) is 5.95. The van der Waals surface area contributed by atoms with E-state index < -0.39 is 10.9 Å². The topological polar surface area (TPSA) is 104 Å². The first-order valence-corrected chi connectivity index (χ1v) is 9.71. The highest BCUT2D eigenvalue weighted by Crippen LogP contribution is 2.28. The molecule has 0 bridgehead atoms. The molecule has 0 fully saturated rings. The van der Waals surface area contributed by atoms with Gasteiger partial charge in [-0.2, -0.15) is 0 Å². The Morgan fingerprint density at radius 1 is 1.36 bits per heavy atom. The number of fused-ring (bicyclic) bond motifs is 3. The zero-order chi connectivity index (χ0) is 19.8. The number of nitro benzene ring substituents is 1. The first-order valence-electron chi connectivity index (χ1n) is 8.90. The molecule has 0 radical (unpaired) electrons. The van der Waals surface area contributed by atoms with E-state index in [0.29, 0.717) is 16.2 Å². The molecular weight excluding hydrogens is 382 g/mol. The lowest BCUT2D eigenvalue weighted by atomic mass is 10.0. The van der Waals surface area contributed by atoms with Crippen LogP contribution >= 0.6 is 11.3 Å². The summed E-state index contributed by atoms with van der Waals surface area (Å²) in [4.78, 5) is 41.8. The van der Waals surface area contributed by atoms with Crippen molar-refractivity contribution in [1.29, 1.82) is 0 Å².